The molecule has 4 aromatic rings. The summed E-state index contributed by atoms with van der Waals surface area (Å²) in [5.41, 5.74) is 10.3. The zero-order valence-corrected chi connectivity index (χ0v) is 28.0. The first-order valence-electron chi connectivity index (χ1n) is 13.0. The molecule has 0 atom stereocenters. The molecule has 200 valence electrons. The van der Waals surface area contributed by atoms with E-state index in [9.17, 15) is 0 Å². The fourth-order valence-electron chi connectivity index (χ4n) is 4.39. The van der Waals surface area contributed by atoms with Crippen molar-refractivity contribution in [1.29, 1.82) is 0 Å². The summed E-state index contributed by atoms with van der Waals surface area (Å²) in [7, 11) is 0. The number of allylic oxidation sites excluding steroid dienone is 8. The normalized spacial score (nSPS) is 12.9. The molecule has 0 saturated carbocycles. The van der Waals surface area contributed by atoms with Gasteiger partial charge in [-0.2, -0.15) is 23.3 Å². The molecule has 0 radical (unpaired) electrons. The van der Waals surface area contributed by atoms with E-state index in [2.05, 4.69) is 147 Å². The van der Waals surface area contributed by atoms with E-state index in [1.807, 2.05) is 12.1 Å². The Morgan fingerprint density at radius 2 is 0.725 bits per heavy atom. The Kier molecular flexibility index (Phi) is 15.2. The SMILES string of the molecule is C[Si](C)=[Zr+2].Cl.Cl.[C-]1=C(c2ccccc2)C(c2ccccc2)=CC1.[C-]1=C(c2ccccc2)C(c2ccccc2)=CC1. The zero-order chi connectivity index (χ0) is 26.6. The summed E-state index contributed by atoms with van der Waals surface area (Å²) >= 11 is 1.74. The number of rotatable bonds is 4. The first kappa shape index (κ1) is 33.7. The van der Waals surface area contributed by atoms with Crippen molar-refractivity contribution in [2.24, 2.45) is 0 Å². The maximum absolute atomic E-state index is 3.45. The van der Waals surface area contributed by atoms with Gasteiger partial charge in [0.1, 0.15) is 0 Å². The third kappa shape index (κ3) is 9.86. The van der Waals surface area contributed by atoms with Crippen LogP contribution in [0.1, 0.15) is 35.1 Å². The van der Waals surface area contributed by atoms with Gasteiger partial charge in [0.2, 0.25) is 0 Å². The van der Waals surface area contributed by atoms with Gasteiger partial charge in [0.05, 0.1) is 0 Å². The van der Waals surface area contributed by atoms with E-state index in [1.165, 1.54) is 44.5 Å². The second-order valence-corrected chi connectivity index (χ2v) is 18.6. The van der Waals surface area contributed by atoms with Crippen molar-refractivity contribution in [3.63, 3.8) is 0 Å². The van der Waals surface area contributed by atoms with Crippen LogP contribution in [0.25, 0.3) is 22.3 Å². The average Bonchev–Trinajstić information content (AvgIpc) is 3.66. The van der Waals surface area contributed by atoms with Gasteiger partial charge >= 0.3 is 41.9 Å². The summed E-state index contributed by atoms with van der Waals surface area (Å²) in [4.78, 5) is 0. The molecule has 2 aliphatic carbocycles. The van der Waals surface area contributed by atoms with Crippen LogP contribution in [0.3, 0.4) is 0 Å². The molecule has 0 unspecified atom stereocenters. The molecule has 0 aliphatic heterocycles. The maximum atomic E-state index is 3.45. The van der Waals surface area contributed by atoms with Crippen molar-refractivity contribution in [1.82, 2.24) is 0 Å². The Morgan fingerprint density at radius 1 is 0.475 bits per heavy atom. The standard InChI is InChI=1S/2C17H13.C2H6Si.2ClH.Zr/c2*1-3-8-14(9-4-1)16-12-7-13-17(16)15-10-5-2-6-11-15;1-3-2;;;/h2*1-6,8-12H,7H2;1-2H3;2*1H;/q2*-1;;;;+2. The minimum Gasteiger partial charge on any atom is -0.197 e. The Balaban J connectivity index is 0.000000237. The third-order valence-corrected chi connectivity index (χ3v) is 6.00. The molecule has 0 nitrogen and oxygen atoms in total. The van der Waals surface area contributed by atoms with Gasteiger partial charge in [-0.1, -0.05) is 121 Å². The summed E-state index contributed by atoms with van der Waals surface area (Å²) in [5, 5.41) is 0. The fourth-order valence-corrected chi connectivity index (χ4v) is 4.39. The molecule has 0 spiro atoms. The van der Waals surface area contributed by atoms with Crippen LogP contribution >= 0.6 is 24.8 Å². The van der Waals surface area contributed by atoms with Gasteiger partial charge in [0.15, 0.2) is 0 Å². The Morgan fingerprint density at radius 3 is 1.00 bits per heavy atom. The Labute approximate surface area is 267 Å². The van der Waals surface area contributed by atoms with Gasteiger partial charge in [-0.25, -0.2) is 0 Å². The molecule has 6 rings (SSSR count). The van der Waals surface area contributed by atoms with Crippen molar-refractivity contribution >= 4 is 52.5 Å². The van der Waals surface area contributed by atoms with E-state index in [-0.39, 0.29) is 30.2 Å². The molecule has 0 bridgehead atoms. The number of halogens is 2. The molecular weight excluding hydrogens is 623 g/mol. The smallest absolute Gasteiger partial charge is 0.0623 e. The van der Waals surface area contributed by atoms with Gasteiger partial charge in [-0.3, -0.25) is 0 Å². The topological polar surface area (TPSA) is 0 Å². The van der Waals surface area contributed by atoms with Crippen LogP contribution in [0.2, 0.25) is 13.1 Å². The molecule has 0 heterocycles. The monoisotopic (exact) mass is 654 g/mol. The van der Waals surface area contributed by atoms with Gasteiger partial charge in [-0.05, 0) is 0 Å². The van der Waals surface area contributed by atoms with Gasteiger partial charge in [-0.15, -0.1) is 83.5 Å². The van der Waals surface area contributed by atoms with Crippen molar-refractivity contribution in [2.45, 2.75) is 25.9 Å². The van der Waals surface area contributed by atoms with Crippen LogP contribution in [0.15, 0.2) is 133 Å². The number of hydrogen-bond acceptors (Lipinski definition) is 0. The predicted octanol–water partition coefficient (Wildman–Crippen LogP) is 10.3. The summed E-state index contributed by atoms with van der Waals surface area (Å²) in [6, 6.07) is 42.0. The molecule has 4 aromatic carbocycles. The van der Waals surface area contributed by atoms with Crippen molar-refractivity contribution < 1.29 is 23.3 Å². The molecule has 0 saturated heterocycles. The van der Waals surface area contributed by atoms with Gasteiger partial charge in [0, 0.05) is 0 Å². The van der Waals surface area contributed by atoms with Crippen LogP contribution in [0.4, 0.5) is 0 Å². The van der Waals surface area contributed by atoms with Gasteiger partial charge in [0.25, 0.3) is 0 Å². The second kappa shape index (κ2) is 18.1. The van der Waals surface area contributed by atoms with Crippen molar-refractivity contribution in [3.05, 3.63) is 168 Å². The van der Waals surface area contributed by atoms with E-state index >= 15 is 0 Å². The van der Waals surface area contributed by atoms with Crippen LogP contribution in [-0.4, -0.2) is 5.43 Å². The molecule has 40 heavy (non-hydrogen) atoms. The van der Waals surface area contributed by atoms with Gasteiger partial charge < -0.3 is 0 Å². The van der Waals surface area contributed by atoms with E-state index in [4.69, 9.17) is 0 Å². The minimum atomic E-state index is 0. The first-order valence-corrected chi connectivity index (χ1v) is 19.2. The van der Waals surface area contributed by atoms with E-state index in [1.54, 1.807) is 23.3 Å². The third-order valence-electron chi connectivity index (χ3n) is 6.00. The van der Waals surface area contributed by atoms with E-state index in [0.29, 0.717) is 0 Å². The van der Waals surface area contributed by atoms with E-state index < -0.39 is 0 Å². The number of hydrogen-bond donors (Lipinski definition) is 0. The summed E-state index contributed by atoms with van der Waals surface area (Å²) in [5.74, 6) is 0. The molecule has 0 N–H and O–H groups in total. The molecule has 2 aliphatic rings. The molecular formula is C36H34Cl2SiZr. The Bertz CT molecular complexity index is 1240. The molecule has 0 fully saturated rings. The predicted molar refractivity (Wildman–Crippen MR) is 176 cm³/mol. The second-order valence-electron chi connectivity index (χ2n) is 9.21. The van der Waals surface area contributed by atoms with Crippen LogP contribution < -0.4 is 0 Å². The van der Waals surface area contributed by atoms with Crippen LogP contribution in [-0.2, 0) is 23.3 Å². The van der Waals surface area contributed by atoms with Crippen LogP contribution in [0, 0.1) is 12.2 Å². The molecule has 0 amide bonds. The van der Waals surface area contributed by atoms with Crippen LogP contribution in [0.5, 0.6) is 0 Å². The molecule has 0 aromatic heterocycles. The van der Waals surface area contributed by atoms with Crippen molar-refractivity contribution in [3.8, 4) is 0 Å². The minimum absolute atomic E-state index is 0. The fraction of sp³-hybridized carbons (Fsp3) is 0.111. The zero-order valence-electron chi connectivity index (χ0n) is 22.9. The van der Waals surface area contributed by atoms with E-state index in [0.717, 1.165) is 12.8 Å². The summed E-state index contributed by atoms with van der Waals surface area (Å²) in [6.07, 6.45) is 13.2. The quantitative estimate of drug-likeness (QED) is 0.152. The summed E-state index contributed by atoms with van der Waals surface area (Å²) < 4.78 is 0. The van der Waals surface area contributed by atoms with Crippen molar-refractivity contribution in [2.75, 3.05) is 0 Å². The number of benzene rings is 4. The largest absolute Gasteiger partial charge is 0.197 e. The average molecular weight is 657 g/mol. The maximum Gasteiger partial charge on any atom is -0.0623 e. The first-order chi connectivity index (χ1) is 18.6. The molecule has 4 heteroatoms. The Hall–Kier alpha value is -2.48. The summed E-state index contributed by atoms with van der Waals surface area (Å²) in [6.45, 7) is 4.62.